The van der Waals surface area contributed by atoms with Crippen LogP contribution in [0.5, 0.6) is 0 Å². The number of carbonyl (C=O) groups excluding carboxylic acids is 3. The van der Waals surface area contributed by atoms with Crippen LogP contribution in [-0.2, 0) is 32.1 Å². The molecule has 2 aromatic carbocycles. The Hall–Kier alpha value is -3.61. The molecule has 0 fully saturated rings. The van der Waals surface area contributed by atoms with Crippen LogP contribution in [0.15, 0.2) is 73.3 Å². The average Bonchev–Trinajstić information content (AvgIpc) is 2.75. The molecule has 0 aliphatic heterocycles. The molecular formula is C22H24N2O5. The third kappa shape index (κ3) is 8.30. The number of alkyl carbamates (subject to hydrolysis) is 1. The Morgan fingerprint density at radius 1 is 0.931 bits per heavy atom. The van der Waals surface area contributed by atoms with Crippen molar-refractivity contribution in [2.24, 2.45) is 0 Å². The van der Waals surface area contributed by atoms with Crippen LogP contribution >= 0.6 is 0 Å². The summed E-state index contributed by atoms with van der Waals surface area (Å²) in [6.45, 7) is 3.39. The monoisotopic (exact) mass is 396 g/mol. The molecule has 7 heteroatoms. The van der Waals surface area contributed by atoms with E-state index in [0.717, 1.165) is 11.1 Å². The molecule has 2 rings (SSSR count). The summed E-state index contributed by atoms with van der Waals surface area (Å²) >= 11 is 0. The van der Waals surface area contributed by atoms with Gasteiger partial charge in [0.15, 0.2) is 6.61 Å². The molecule has 0 spiro atoms. The fourth-order valence-corrected chi connectivity index (χ4v) is 2.42. The van der Waals surface area contributed by atoms with Gasteiger partial charge in [-0.3, -0.25) is 4.79 Å². The molecule has 0 bridgehead atoms. The SMILES string of the molecule is C=CCNC(=O)COC(=O)[C@H](Cc1ccccc1)NC(=O)OCc1ccccc1. The lowest BCUT2D eigenvalue weighted by molar-refractivity contribution is -0.150. The smallest absolute Gasteiger partial charge is 0.408 e. The maximum Gasteiger partial charge on any atom is 0.408 e. The zero-order valence-corrected chi connectivity index (χ0v) is 16.0. The highest BCUT2D eigenvalue weighted by Crippen LogP contribution is 2.06. The Morgan fingerprint density at radius 2 is 1.55 bits per heavy atom. The van der Waals surface area contributed by atoms with Gasteiger partial charge in [-0.2, -0.15) is 0 Å². The first-order valence-corrected chi connectivity index (χ1v) is 9.14. The first-order valence-electron chi connectivity index (χ1n) is 9.14. The lowest BCUT2D eigenvalue weighted by Gasteiger charge is -2.17. The van der Waals surface area contributed by atoms with Crippen molar-refractivity contribution in [3.8, 4) is 0 Å². The molecule has 0 unspecified atom stereocenters. The molecule has 152 valence electrons. The Balaban J connectivity index is 1.94. The van der Waals surface area contributed by atoms with Crippen molar-refractivity contribution in [3.05, 3.63) is 84.4 Å². The summed E-state index contributed by atoms with van der Waals surface area (Å²) in [5.74, 6) is -1.18. The van der Waals surface area contributed by atoms with E-state index in [2.05, 4.69) is 17.2 Å². The number of rotatable bonds is 10. The van der Waals surface area contributed by atoms with E-state index in [9.17, 15) is 14.4 Å². The number of nitrogens with one attached hydrogen (secondary N) is 2. The Morgan fingerprint density at radius 3 is 2.17 bits per heavy atom. The second kappa shape index (κ2) is 12.0. The summed E-state index contributed by atoms with van der Waals surface area (Å²) in [5, 5.41) is 5.03. The molecule has 2 N–H and O–H groups in total. The molecule has 1 atom stereocenters. The first kappa shape index (κ1) is 21.7. The van der Waals surface area contributed by atoms with Gasteiger partial charge in [0.25, 0.3) is 5.91 Å². The van der Waals surface area contributed by atoms with Crippen LogP contribution < -0.4 is 10.6 Å². The van der Waals surface area contributed by atoms with Crippen molar-refractivity contribution in [1.29, 1.82) is 0 Å². The third-order valence-electron chi connectivity index (χ3n) is 3.86. The molecule has 0 saturated heterocycles. The second-order valence-electron chi connectivity index (χ2n) is 6.15. The maximum atomic E-state index is 12.4. The third-order valence-corrected chi connectivity index (χ3v) is 3.86. The van der Waals surface area contributed by atoms with Gasteiger partial charge in [-0.15, -0.1) is 6.58 Å². The summed E-state index contributed by atoms with van der Waals surface area (Å²) in [5.41, 5.74) is 1.65. The number of amides is 2. The van der Waals surface area contributed by atoms with E-state index in [1.807, 2.05) is 60.7 Å². The standard InChI is InChI=1S/C22H24N2O5/c1-2-13-23-20(25)16-28-21(26)19(14-17-9-5-3-6-10-17)24-22(27)29-15-18-11-7-4-8-12-18/h2-12,19H,1,13-16H2,(H,23,25)(H,24,27)/t19-/m0/s1. The highest BCUT2D eigenvalue weighted by Gasteiger charge is 2.24. The molecule has 0 aromatic heterocycles. The molecule has 2 aromatic rings. The van der Waals surface area contributed by atoms with Crippen LogP contribution in [0.2, 0.25) is 0 Å². The van der Waals surface area contributed by atoms with E-state index < -0.39 is 30.6 Å². The van der Waals surface area contributed by atoms with E-state index in [0.29, 0.717) is 0 Å². The summed E-state index contributed by atoms with van der Waals surface area (Å²) in [7, 11) is 0. The number of hydrogen-bond donors (Lipinski definition) is 2. The van der Waals surface area contributed by atoms with Crippen molar-refractivity contribution in [2.45, 2.75) is 19.1 Å². The van der Waals surface area contributed by atoms with Crippen molar-refractivity contribution in [1.82, 2.24) is 10.6 Å². The molecule has 0 heterocycles. The van der Waals surface area contributed by atoms with Gasteiger partial charge < -0.3 is 20.1 Å². The van der Waals surface area contributed by atoms with Gasteiger partial charge in [0, 0.05) is 13.0 Å². The van der Waals surface area contributed by atoms with Crippen LogP contribution in [-0.4, -0.2) is 37.2 Å². The second-order valence-corrected chi connectivity index (χ2v) is 6.15. The van der Waals surface area contributed by atoms with Gasteiger partial charge in [-0.25, -0.2) is 9.59 Å². The highest BCUT2D eigenvalue weighted by molar-refractivity contribution is 5.85. The van der Waals surface area contributed by atoms with Crippen molar-refractivity contribution in [2.75, 3.05) is 13.2 Å². The summed E-state index contributed by atoms with van der Waals surface area (Å²) in [6.07, 6.45) is 0.971. The van der Waals surface area contributed by atoms with Gasteiger partial charge in [-0.05, 0) is 11.1 Å². The minimum atomic E-state index is -0.993. The van der Waals surface area contributed by atoms with E-state index in [1.165, 1.54) is 6.08 Å². The zero-order valence-electron chi connectivity index (χ0n) is 16.0. The van der Waals surface area contributed by atoms with Crippen molar-refractivity contribution >= 4 is 18.0 Å². The predicted octanol–water partition coefficient (Wildman–Crippen LogP) is 2.37. The van der Waals surface area contributed by atoms with E-state index >= 15 is 0 Å². The lowest BCUT2D eigenvalue weighted by atomic mass is 10.1. The van der Waals surface area contributed by atoms with Gasteiger partial charge in [0.05, 0.1) is 0 Å². The van der Waals surface area contributed by atoms with Crippen LogP contribution in [0.3, 0.4) is 0 Å². The highest BCUT2D eigenvalue weighted by atomic mass is 16.6. The Labute approximate surface area is 169 Å². The topological polar surface area (TPSA) is 93.7 Å². The summed E-state index contributed by atoms with van der Waals surface area (Å²) in [4.78, 5) is 36.2. The molecule has 2 amide bonds. The Bertz CT molecular complexity index is 808. The molecule has 0 aliphatic carbocycles. The van der Waals surface area contributed by atoms with Crippen LogP contribution in [0.25, 0.3) is 0 Å². The molecule has 29 heavy (non-hydrogen) atoms. The lowest BCUT2D eigenvalue weighted by Crippen LogP contribution is -2.44. The summed E-state index contributed by atoms with van der Waals surface area (Å²) < 4.78 is 10.2. The van der Waals surface area contributed by atoms with Crippen LogP contribution in [0.1, 0.15) is 11.1 Å². The van der Waals surface area contributed by atoms with Crippen LogP contribution in [0.4, 0.5) is 4.79 Å². The maximum absolute atomic E-state index is 12.4. The number of benzene rings is 2. The number of ether oxygens (including phenoxy) is 2. The Kier molecular flexibility index (Phi) is 8.95. The number of hydrogen-bond acceptors (Lipinski definition) is 5. The minimum Gasteiger partial charge on any atom is -0.454 e. The largest absolute Gasteiger partial charge is 0.454 e. The molecule has 0 aliphatic rings. The van der Waals surface area contributed by atoms with E-state index in [-0.39, 0.29) is 19.6 Å². The normalized spacial score (nSPS) is 11.0. The molecule has 0 saturated carbocycles. The van der Waals surface area contributed by atoms with Gasteiger partial charge >= 0.3 is 12.1 Å². The number of carbonyl (C=O) groups is 3. The zero-order chi connectivity index (χ0) is 20.9. The van der Waals surface area contributed by atoms with Crippen molar-refractivity contribution < 1.29 is 23.9 Å². The van der Waals surface area contributed by atoms with Gasteiger partial charge in [0.2, 0.25) is 0 Å². The molecule has 7 nitrogen and oxygen atoms in total. The van der Waals surface area contributed by atoms with E-state index in [1.54, 1.807) is 0 Å². The number of esters is 1. The van der Waals surface area contributed by atoms with Crippen molar-refractivity contribution in [3.63, 3.8) is 0 Å². The van der Waals surface area contributed by atoms with Crippen LogP contribution in [0, 0.1) is 0 Å². The fourth-order valence-electron chi connectivity index (χ4n) is 2.42. The molecular weight excluding hydrogens is 372 g/mol. The fraction of sp³-hybridized carbons (Fsp3) is 0.227. The first-order chi connectivity index (χ1) is 14.1. The minimum absolute atomic E-state index is 0.0732. The quantitative estimate of drug-likeness (QED) is 0.475. The van der Waals surface area contributed by atoms with E-state index in [4.69, 9.17) is 9.47 Å². The summed E-state index contributed by atoms with van der Waals surface area (Å²) in [6, 6.07) is 17.4. The van der Waals surface area contributed by atoms with Gasteiger partial charge in [0.1, 0.15) is 12.6 Å². The average molecular weight is 396 g/mol. The predicted molar refractivity (Wildman–Crippen MR) is 108 cm³/mol. The molecule has 0 radical (unpaired) electrons. The van der Waals surface area contributed by atoms with Gasteiger partial charge in [-0.1, -0.05) is 66.7 Å².